The molecule has 194 valence electrons. The largest absolute Gasteiger partial charge is 0.490 e. The summed E-state index contributed by atoms with van der Waals surface area (Å²) in [6.07, 6.45) is 18.6. The quantitative estimate of drug-likeness (QED) is 0.235. The Morgan fingerprint density at radius 3 is 2.11 bits per heavy atom. The van der Waals surface area contributed by atoms with E-state index in [4.69, 9.17) is 4.74 Å². The molecule has 0 atom stereocenters. The van der Waals surface area contributed by atoms with Gasteiger partial charge in [0.25, 0.3) is 0 Å². The van der Waals surface area contributed by atoms with Crippen LogP contribution in [0.25, 0.3) is 11.3 Å². The van der Waals surface area contributed by atoms with Gasteiger partial charge < -0.3 is 4.74 Å². The summed E-state index contributed by atoms with van der Waals surface area (Å²) in [4.78, 5) is 0. The third-order valence-corrected chi connectivity index (χ3v) is 7.54. The van der Waals surface area contributed by atoms with Crippen LogP contribution in [0.4, 0.5) is 8.78 Å². The van der Waals surface area contributed by atoms with Gasteiger partial charge in [-0.3, -0.25) is 0 Å². The number of hydrogen-bond donors (Lipinski definition) is 0. The van der Waals surface area contributed by atoms with Gasteiger partial charge in [-0.1, -0.05) is 90.9 Å². The van der Waals surface area contributed by atoms with Gasteiger partial charge in [0.05, 0.1) is 18.0 Å². The zero-order valence-corrected chi connectivity index (χ0v) is 21.8. The molecule has 0 aliphatic heterocycles. The molecular weight excluding hydrogens is 442 g/mol. The monoisotopic (exact) mass is 486 g/mol. The number of aromatic nitrogens is 2. The van der Waals surface area contributed by atoms with Gasteiger partial charge in [-0.2, -0.15) is 14.6 Å². The number of halogens is 2. The Labute approximate surface area is 211 Å². The summed E-state index contributed by atoms with van der Waals surface area (Å²) in [7, 11) is 0. The summed E-state index contributed by atoms with van der Waals surface area (Å²) in [5, 5.41) is 8.51. The highest BCUT2D eigenvalue weighted by atomic mass is 19.2. The van der Waals surface area contributed by atoms with Crippen LogP contribution in [-0.2, 0) is 6.42 Å². The molecule has 0 unspecified atom stereocenters. The number of rotatable bonds is 15. The highest BCUT2D eigenvalue weighted by Crippen LogP contribution is 2.34. The van der Waals surface area contributed by atoms with Crippen LogP contribution in [0.15, 0.2) is 24.3 Å². The van der Waals surface area contributed by atoms with Crippen LogP contribution >= 0.6 is 0 Å². The fraction of sp³-hybridized carbons (Fsp3) is 0.667. The number of aryl methyl sites for hydroxylation is 1. The molecule has 0 N–H and O–H groups in total. The minimum absolute atomic E-state index is 0.0434. The second-order valence-corrected chi connectivity index (χ2v) is 10.3. The lowest BCUT2D eigenvalue weighted by molar-refractivity contribution is 0.248. The molecule has 0 bridgehead atoms. The minimum Gasteiger partial charge on any atom is -0.490 e. The first kappa shape index (κ1) is 27.5. The van der Waals surface area contributed by atoms with Crippen molar-refractivity contribution in [3.63, 3.8) is 0 Å². The average Bonchev–Trinajstić information content (AvgIpc) is 2.89. The predicted octanol–water partition coefficient (Wildman–Crippen LogP) is 9.09. The van der Waals surface area contributed by atoms with Crippen LogP contribution in [0, 0.1) is 23.5 Å². The van der Waals surface area contributed by atoms with Gasteiger partial charge in [0.1, 0.15) is 0 Å². The lowest BCUT2D eigenvalue weighted by atomic mass is 9.78. The van der Waals surface area contributed by atoms with Crippen LogP contribution in [0.2, 0.25) is 0 Å². The first-order valence-electron chi connectivity index (χ1n) is 14.1. The second kappa shape index (κ2) is 15.2. The van der Waals surface area contributed by atoms with Crippen molar-refractivity contribution in [3.8, 4) is 17.0 Å². The predicted molar refractivity (Wildman–Crippen MR) is 140 cm³/mol. The van der Waals surface area contributed by atoms with Crippen molar-refractivity contribution >= 4 is 0 Å². The van der Waals surface area contributed by atoms with Gasteiger partial charge in [0, 0.05) is 5.56 Å². The van der Waals surface area contributed by atoms with Crippen LogP contribution in [0.1, 0.15) is 109 Å². The number of hydrogen-bond acceptors (Lipinski definition) is 3. The average molecular weight is 487 g/mol. The van der Waals surface area contributed by atoms with E-state index in [0.717, 1.165) is 49.6 Å². The van der Waals surface area contributed by atoms with E-state index in [9.17, 15) is 8.78 Å². The molecule has 0 saturated heterocycles. The molecule has 35 heavy (non-hydrogen) atoms. The van der Waals surface area contributed by atoms with Crippen molar-refractivity contribution in [2.24, 2.45) is 11.8 Å². The van der Waals surface area contributed by atoms with Crippen LogP contribution < -0.4 is 4.74 Å². The van der Waals surface area contributed by atoms with E-state index in [-0.39, 0.29) is 11.3 Å². The third-order valence-electron chi connectivity index (χ3n) is 7.54. The molecule has 1 aromatic carbocycles. The van der Waals surface area contributed by atoms with E-state index in [0.29, 0.717) is 12.3 Å². The van der Waals surface area contributed by atoms with Gasteiger partial charge in [-0.05, 0) is 55.4 Å². The molecule has 1 aliphatic carbocycles. The van der Waals surface area contributed by atoms with E-state index >= 15 is 0 Å². The molecule has 0 spiro atoms. The Hall–Kier alpha value is -2.04. The molecule has 5 heteroatoms. The van der Waals surface area contributed by atoms with Crippen molar-refractivity contribution in [2.75, 3.05) is 6.61 Å². The van der Waals surface area contributed by atoms with Crippen molar-refractivity contribution in [3.05, 3.63) is 41.6 Å². The van der Waals surface area contributed by atoms with Crippen LogP contribution in [-0.4, -0.2) is 16.8 Å². The molecular formula is C30H44F2N2O. The molecule has 1 saturated carbocycles. The summed E-state index contributed by atoms with van der Waals surface area (Å²) >= 11 is 0. The highest BCUT2D eigenvalue weighted by Gasteiger charge is 2.21. The molecule has 2 aromatic rings. The molecule has 3 nitrogen and oxygen atoms in total. The SMILES string of the molecule is CCCCCCCC1CCC(CCc2ccc(-c3ccc(OCCCCC)c(F)c3F)nn2)CC1. The lowest BCUT2D eigenvalue weighted by Crippen LogP contribution is -2.15. The Morgan fingerprint density at radius 1 is 0.743 bits per heavy atom. The summed E-state index contributed by atoms with van der Waals surface area (Å²) in [6, 6.07) is 6.66. The van der Waals surface area contributed by atoms with E-state index in [1.54, 1.807) is 6.07 Å². The molecule has 1 aliphatic rings. The van der Waals surface area contributed by atoms with Crippen molar-refractivity contribution < 1.29 is 13.5 Å². The minimum atomic E-state index is -0.957. The summed E-state index contributed by atoms with van der Waals surface area (Å²) in [5.41, 5.74) is 1.39. The molecule has 1 aromatic heterocycles. The zero-order chi connectivity index (χ0) is 24.9. The normalized spacial score (nSPS) is 18.1. The molecule has 0 amide bonds. The number of ether oxygens (including phenoxy) is 1. The Morgan fingerprint density at radius 2 is 1.43 bits per heavy atom. The standard InChI is InChI=1S/C30H44F2N2O/c1-3-5-7-8-9-11-23-12-14-24(15-13-23)16-17-25-18-20-27(34-33-25)26-19-21-28(30(32)29(26)31)35-22-10-6-4-2/h18-21,23-24H,3-17,22H2,1-2H3. The number of unbranched alkanes of at least 4 members (excludes halogenated alkanes) is 6. The summed E-state index contributed by atoms with van der Waals surface area (Å²) in [5.74, 6) is -0.235. The van der Waals surface area contributed by atoms with E-state index in [1.807, 2.05) is 6.07 Å². The van der Waals surface area contributed by atoms with Crippen LogP contribution in [0.5, 0.6) is 5.75 Å². The van der Waals surface area contributed by atoms with Crippen molar-refractivity contribution in [1.29, 1.82) is 0 Å². The van der Waals surface area contributed by atoms with Gasteiger partial charge in [-0.25, -0.2) is 4.39 Å². The van der Waals surface area contributed by atoms with Gasteiger partial charge in [-0.15, -0.1) is 0 Å². The Bertz CT molecular complexity index is 863. The van der Waals surface area contributed by atoms with Crippen molar-refractivity contribution in [1.82, 2.24) is 10.2 Å². The maximum absolute atomic E-state index is 14.7. The Kier molecular flexibility index (Phi) is 11.9. The van der Waals surface area contributed by atoms with Gasteiger partial charge in [0.2, 0.25) is 5.82 Å². The number of nitrogens with zero attached hydrogens (tertiary/aromatic N) is 2. The van der Waals surface area contributed by atoms with Crippen molar-refractivity contribution in [2.45, 2.75) is 110 Å². The topological polar surface area (TPSA) is 35.0 Å². The summed E-state index contributed by atoms with van der Waals surface area (Å²) < 4.78 is 34.5. The molecule has 1 fully saturated rings. The fourth-order valence-corrected chi connectivity index (χ4v) is 5.21. The molecule has 3 rings (SSSR count). The third kappa shape index (κ3) is 8.84. The smallest absolute Gasteiger partial charge is 0.201 e. The van der Waals surface area contributed by atoms with E-state index in [1.165, 1.54) is 76.3 Å². The van der Waals surface area contributed by atoms with E-state index < -0.39 is 11.6 Å². The maximum Gasteiger partial charge on any atom is 0.201 e. The molecule has 1 heterocycles. The number of benzene rings is 1. The van der Waals surface area contributed by atoms with Gasteiger partial charge in [0.15, 0.2) is 11.6 Å². The van der Waals surface area contributed by atoms with E-state index in [2.05, 4.69) is 24.0 Å². The maximum atomic E-state index is 14.7. The zero-order valence-electron chi connectivity index (χ0n) is 21.8. The van der Waals surface area contributed by atoms with Gasteiger partial charge >= 0.3 is 0 Å². The highest BCUT2D eigenvalue weighted by molar-refractivity contribution is 5.61. The Balaban J connectivity index is 1.43. The van der Waals surface area contributed by atoms with Crippen LogP contribution in [0.3, 0.4) is 0 Å². The lowest BCUT2D eigenvalue weighted by Gasteiger charge is -2.28. The first-order chi connectivity index (χ1) is 17.1. The molecule has 0 radical (unpaired) electrons. The summed E-state index contributed by atoms with van der Waals surface area (Å²) in [6.45, 7) is 4.74. The first-order valence-corrected chi connectivity index (χ1v) is 14.1. The fourth-order valence-electron chi connectivity index (χ4n) is 5.21. The second-order valence-electron chi connectivity index (χ2n) is 10.3.